The van der Waals surface area contributed by atoms with Gasteiger partial charge in [0.05, 0.1) is 0 Å². The smallest absolute Gasteiger partial charge is 0.120 e. The first kappa shape index (κ1) is 8.86. The lowest BCUT2D eigenvalue weighted by Crippen LogP contribution is -1.96. The summed E-state index contributed by atoms with van der Waals surface area (Å²) in [7, 11) is 0. The van der Waals surface area contributed by atoms with Crippen molar-refractivity contribution in [2.75, 3.05) is 0 Å². The van der Waals surface area contributed by atoms with Crippen LogP contribution in [0.1, 0.15) is 31.5 Å². The minimum Gasteiger partial charge on any atom is -0.339 e. The number of nitrogens with zero attached hydrogens (tertiary/aromatic N) is 2. The van der Waals surface area contributed by atoms with Gasteiger partial charge in [-0.15, -0.1) is 0 Å². The quantitative estimate of drug-likeness (QED) is 0.670. The molecule has 0 saturated carbocycles. The second-order valence-electron chi connectivity index (χ2n) is 2.89. The Labute approximate surface area is 73.4 Å². The molecular formula is C10H14N2. The average Bonchev–Trinajstić information content (AvgIpc) is 2.48. The second-order valence-corrected chi connectivity index (χ2v) is 2.89. The van der Waals surface area contributed by atoms with Gasteiger partial charge >= 0.3 is 0 Å². The Morgan fingerprint density at radius 1 is 1.50 bits per heavy atom. The summed E-state index contributed by atoms with van der Waals surface area (Å²) in [6.45, 7) is 5.17. The van der Waals surface area contributed by atoms with Gasteiger partial charge < -0.3 is 4.57 Å². The maximum Gasteiger partial charge on any atom is 0.120 e. The zero-order chi connectivity index (χ0) is 8.97. The van der Waals surface area contributed by atoms with E-state index in [0.717, 1.165) is 25.1 Å². The van der Waals surface area contributed by atoms with Crippen molar-refractivity contribution in [1.82, 2.24) is 4.57 Å². The van der Waals surface area contributed by atoms with E-state index >= 15 is 0 Å². The Morgan fingerprint density at radius 3 is 2.75 bits per heavy atom. The normalized spacial score (nSPS) is 9.75. The summed E-state index contributed by atoms with van der Waals surface area (Å²) in [5, 5.41) is 8.78. The first-order valence-corrected chi connectivity index (χ1v) is 4.41. The molecule has 1 aromatic heterocycles. The van der Waals surface area contributed by atoms with Gasteiger partial charge in [0.2, 0.25) is 0 Å². The van der Waals surface area contributed by atoms with E-state index < -0.39 is 0 Å². The summed E-state index contributed by atoms with van der Waals surface area (Å²) in [4.78, 5) is 0. The summed E-state index contributed by atoms with van der Waals surface area (Å²) in [5.41, 5.74) is 2.04. The van der Waals surface area contributed by atoms with E-state index in [-0.39, 0.29) is 0 Å². The van der Waals surface area contributed by atoms with Crippen LogP contribution in [0.15, 0.2) is 12.3 Å². The molecule has 0 spiro atoms. The fourth-order valence-electron chi connectivity index (χ4n) is 1.28. The molecule has 2 heteroatoms. The van der Waals surface area contributed by atoms with Crippen molar-refractivity contribution >= 4 is 0 Å². The van der Waals surface area contributed by atoms with Crippen LogP contribution < -0.4 is 0 Å². The van der Waals surface area contributed by atoms with Crippen LogP contribution in [0, 0.1) is 11.3 Å². The molecule has 1 rings (SSSR count). The highest BCUT2D eigenvalue weighted by Gasteiger charge is 2.01. The number of hydrogen-bond acceptors (Lipinski definition) is 1. The van der Waals surface area contributed by atoms with Gasteiger partial charge in [0.25, 0.3) is 0 Å². The zero-order valence-corrected chi connectivity index (χ0v) is 7.67. The van der Waals surface area contributed by atoms with Gasteiger partial charge in [-0.2, -0.15) is 5.26 Å². The molecule has 0 N–H and O–H groups in total. The third-order valence-electron chi connectivity index (χ3n) is 1.94. The lowest BCUT2D eigenvalue weighted by molar-refractivity contribution is 0.674. The largest absolute Gasteiger partial charge is 0.339 e. The van der Waals surface area contributed by atoms with Crippen LogP contribution in [-0.2, 0) is 13.0 Å². The van der Waals surface area contributed by atoms with Gasteiger partial charge in [0.1, 0.15) is 11.8 Å². The van der Waals surface area contributed by atoms with E-state index in [2.05, 4.69) is 26.1 Å². The van der Waals surface area contributed by atoms with Crippen LogP contribution in [-0.4, -0.2) is 4.57 Å². The first-order chi connectivity index (χ1) is 5.81. The summed E-state index contributed by atoms with van der Waals surface area (Å²) in [6, 6.07) is 4.17. The van der Waals surface area contributed by atoms with Crippen molar-refractivity contribution in [1.29, 1.82) is 5.26 Å². The molecule has 0 atom stereocenters. The molecule has 0 unspecified atom stereocenters. The molecular weight excluding hydrogens is 148 g/mol. The van der Waals surface area contributed by atoms with Gasteiger partial charge in [-0.1, -0.05) is 13.8 Å². The monoisotopic (exact) mass is 162 g/mol. The van der Waals surface area contributed by atoms with Crippen LogP contribution in [0.2, 0.25) is 0 Å². The van der Waals surface area contributed by atoms with E-state index in [1.165, 1.54) is 5.56 Å². The van der Waals surface area contributed by atoms with Crippen LogP contribution >= 0.6 is 0 Å². The van der Waals surface area contributed by atoms with Crippen molar-refractivity contribution in [3.8, 4) is 6.07 Å². The highest BCUT2D eigenvalue weighted by atomic mass is 15.0. The second kappa shape index (κ2) is 3.96. The van der Waals surface area contributed by atoms with Gasteiger partial charge in [0, 0.05) is 12.7 Å². The molecule has 0 amide bonds. The van der Waals surface area contributed by atoms with E-state index in [9.17, 15) is 0 Å². The van der Waals surface area contributed by atoms with Crippen LogP contribution in [0.3, 0.4) is 0 Å². The van der Waals surface area contributed by atoms with E-state index in [4.69, 9.17) is 5.26 Å². The maximum atomic E-state index is 8.78. The van der Waals surface area contributed by atoms with Gasteiger partial charge in [-0.05, 0) is 24.5 Å². The molecule has 0 radical (unpaired) electrons. The summed E-state index contributed by atoms with van der Waals surface area (Å²) >= 11 is 0. The third-order valence-corrected chi connectivity index (χ3v) is 1.94. The number of nitriles is 1. The van der Waals surface area contributed by atoms with Crippen LogP contribution in [0.5, 0.6) is 0 Å². The third kappa shape index (κ3) is 1.68. The summed E-state index contributed by atoms with van der Waals surface area (Å²) < 4.78 is 2.03. The average molecular weight is 162 g/mol. The maximum absolute atomic E-state index is 8.78. The molecule has 0 aliphatic rings. The Balaban J connectivity index is 2.93. The number of aryl methyl sites for hydroxylation is 2. The van der Waals surface area contributed by atoms with E-state index in [1.807, 2.05) is 10.6 Å². The molecule has 2 nitrogen and oxygen atoms in total. The predicted octanol–water partition coefficient (Wildman–Crippen LogP) is 2.33. The fourth-order valence-corrected chi connectivity index (χ4v) is 1.28. The number of rotatable bonds is 3. The van der Waals surface area contributed by atoms with E-state index in [1.54, 1.807) is 0 Å². The number of hydrogen-bond donors (Lipinski definition) is 0. The molecule has 0 aromatic carbocycles. The summed E-state index contributed by atoms with van der Waals surface area (Å²) in [6.07, 6.45) is 4.15. The van der Waals surface area contributed by atoms with Gasteiger partial charge in [0.15, 0.2) is 0 Å². The first-order valence-electron chi connectivity index (χ1n) is 4.41. The molecule has 0 saturated heterocycles. The van der Waals surface area contributed by atoms with Crippen molar-refractivity contribution in [2.45, 2.75) is 33.2 Å². The lowest BCUT2D eigenvalue weighted by atomic mass is 10.2. The molecule has 1 heterocycles. The molecule has 0 bridgehead atoms. The Morgan fingerprint density at radius 2 is 2.25 bits per heavy atom. The summed E-state index contributed by atoms with van der Waals surface area (Å²) in [5.74, 6) is 0. The van der Waals surface area contributed by atoms with E-state index in [0.29, 0.717) is 0 Å². The number of aromatic nitrogens is 1. The SMILES string of the molecule is CCCn1cc(CC)cc1C#N. The van der Waals surface area contributed by atoms with Gasteiger partial charge in [-0.25, -0.2) is 0 Å². The van der Waals surface area contributed by atoms with Crippen molar-refractivity contribution < 1.29 is 0 Å². The minimum atomic E-state index is 0.786. The Kier molecular flexibility index (Phi) is 2.93. The molecule has 64 valence electrons. The molecule has 12 heavy (non-hydrogen) atoms. The van der Waals surface area contributed by atoms with Crippen molar-refractivity contribution in [2.24, 2.45) is 0 Å². The van der Waals surface area contributed by atoms with Crippen molar-refractivity contribution in [3.05, 3.63) is 23.5 Å². The highest BCUT2D eigenvalue weighted by molar-refractivity contribution is 5.28. The van der Waals surface area contributed by atoms with Crippen molar-refractivity contribution in [3.63, 3.8) is 0 Å². The van der Waals surface area contributed by atoms with Crippen LogP contribution in [0.4, 0.5) is 0 Å². The lowest BCUT2D eigenvalue weighted by Gasteiger charge is -1.99. The molecule has 0 aliphatic heterocycles. The Bertz CT molecular complexity index is 291. The molecule has 1 aromatic rings. The highest BCUT2D eigenvalue weighted by Crippen LogP contribution is 2.08. The zero-order valence-electron chi connectivity index (χ0n) is 7.67. The standard InChI is InChI=1S/C10H14N2/c1-3-5-12-8-9(4-2)6-10(12)7-11/h6,8H,3-5H2,1-2H3. The van der Waals surface area contributed by atoms with Gasteiger partial charge in [-0.3, -0.25) is 0 Å². The Hall–Kier alpha value is -1.23. The predicted molar refractivity (Wildman–Crippen MR) is 48.8 cm³/mol. The molecule has 0 fully saturated rings. The topological polar surface area (TPSA) is 28.7 Å². The minimum absolute atomic E-state index is 0.786. The fraction of sp³-hybridized carbons (Fsp3) is 0.500. The van der Waals surface area contributed by atoms with Crippen LogP contribution in [0.25, 0.3) is 0 Å². The molecule has 0 aliphatic carbocycles.